The summed E-state index contributed by atoms with van der Waals surface area (Å²) in [4.78, 5) is 8.32. The van der Waals surface area contributed by atoms with Gasteiger partial charge < -0.3 is 10.4 Å². The van der Waals surface area contributed by atoms with Crippen LogP contribution in [0.3, 0.4) is 0 Å². The van der Waals surface area contributed by atoms with Gasteiger partial charge >= 0.3 is 0 Å². The van der Waals surface area contributed by atoms with Gasteiger partial charge in [-0.05, 0) is 26.7 Å². The Morgan fingerprint density at radius 3 is 3.12 bits per heavy atom. The average molecular weight is 235 g/mol. The molecule has 0 saturated carbocycles. The monoisotopic (exact) mass is 235 g/mol. The topological polar surface area (TPSA) is 75.3 Å². The van der Waals surface area contributed by atoms with E-state index < -0.39 is 0 Å². The molecule has 17 heavy (non-hydrogen) atoms. The Bertz CT molecular complexity index is 494. The fourth-order valence-electron chi connectivity index (χ4n) is 1.67. The summed E-state index contributed by atoms with van der Waals surface area (Å²) < 4.78 is 1.68. The SMILES string of the molecule is Cc1cc(NCCCC(C)O)n2ncnc2n1. The highest BCUT2D eigenvalue weighted by Crippen LogP contribution is 2.10. The van der Waals surface area contributed by atoms with Crippen LogP contribution in [-0.2, 0) is 0 Å². The third kappa shape index (κ3) is 2.91. The zero-order valence-electron chi connectivity index (χ0n) is 10.1. The van der Waals surface area contributed by atoms with Gasteiger partial charge in [0.25, 0.3) is 5.78 Å². The molecule has 2 N–H and O–H groups in total. The smallest absolute Gasteiger partial charge is 0.254 e. The third-order valence-electron chi connectivity index (χ3n) is 2.48. The van der Waals surface area contributed by atoms with Crippen molar-refractivity contribution in [2.75, 3.05) is 11.9 Å². The van der Waals surface area contributed by atoms with Crippen molar-refractivity contribution >= 4 is 11.6 Å². The molecule has 0 saturated heterocycles. The first-order valence-electron chi connectivity index (χ1n) is 5.76. The number of nitrogens with one attached hydrogen (secondary N) is 1. The van der Waals surface area contributed by atoms with Gasteiger partial charge in [0.1, 0.15) is 12.1 Å². The van der Waals surface area contributed by atoms with E-state index in [1.807, 2.05) is 13.0 Å². The Balaban J connectivity index is 2.04. The molecule has 2 aromatic heterocycles. The van der Waals surface area contributed by atoms with Gasteiger partial charge in [-0.25, -0.2) is 4.98 Å². The number of hydrogen-bond acceptors (Lipinski definition) is 5. The number of aryl methyl sites for hydroxylation is 1. The number of aliphatic hydroxyl groups is 1. The van der Waals surface area contributed by atoms with Crippen LogP contribution < -0.4 is 5.32 Å². The van der Waals surface area contributed by atoms with E-state index in [1.165, 1.54) is 6.33 Å². The van der Waals surface area contributed by atoms with E-state index in [0.717, 1.165) is 30.9 Å². The highest BCUT2D eigenvalue weighted by Gasteiger charge is 2.04. The summed E-state index contributed by atoms with van der Waals surface area (Å²) in [5, 5.41) is 16.6. The number of anilines is 1. The molecule has 1 unspecified atom stereocenters. The van der Waals surface area contributed by atoms with Crippen molar-refractivity contribution in [3.63, 3.8) is 0 Å². The Kier molecular flexibility index (Phi) is 3.53. The summed E-state index contributed by atoms with van der Waals surface area (Å²) in [6, 6.07) is 1.93. The maximum Gasteiger partial charge on any atom is 0.254 e. The molecule has 1 atom stereocenters. The molecule has 2 rings (SSSR count). The van der Waals surface area contributed by atoms with Crippen molar-refractivity contribution in [2.24, 2.45) is 0 Å². The van der Waals surface area contributed by atoms with Crippen LogP contribution in [0.5, 0.6) is 0 Å². The van der Waals surface area contributed by atoms with Crippen molar-refractivity contribution in [1.29, 1.82) is 0 Å². The van der Waals surface area contributed by atoms with Crippen LogP contribution in [0.25, 0.3) is 5.78 Å². The van der Waals surface area contributed by atoms with E-state index in [4.69, 9.17) is 5.11 Å². The third-order valence-corrected chi connectivity index (χ3v) is 2.48. The Morgan fingerprint density at radius 2 is 2.35 bits per heavy atom. The van der Waals surface area contributed by atoms with Crippen molar-refractivity contribution < 1.29 is 5.11 Å². The fourth-order valence-corrected chi connectivity index (χ4v) is 1.67. The molecular formula is C11H17N5O. The predicted octanol–water partition coefficient (Wildman–Crippen LogP) is 1.01. The second-order valence-corrected chi connectivity index (χ2v) is 4.17. The zero-order chi connectivity index (χ0) is 12.3. The highest BCUT2D eigenvalue weighted by molar-refractivity contribution is 5.44. The van der Waals surface area contributed by atoms with E-state index in [0.29, 0.717) is 5.78 Å². The van der Waals surface area contributed by atoms with Gasteiger partial charge in [-0.2, -0.15) is 14.6 Å². The van der Waals surface area contributed by atoms with Crippen LogP contribution in [-0.4, -0.2) is 37.3 Å². The maximum absolute atomic E-state index is 9.17. The zero-order valence-corrected chi connectivity index (χ0v) is 10.1. The quantitative estimate of drug-likeness (QED) is 0.756. The van der Waals surface area contributed by atoms with Crippen LogP contribution in [0, 0.1) is 6.92 Å². The average Bonchev–Trinajstić information content (AvgIpc) is 2.71. The standard InChI is InChI=1S/C11H17N5O/c1-8-6-10(12-5-3-4-9(2)17)16-11(15-8)13-7-14-16/h6-7,9,12,17H,3-5H2,1-2H3. The number of nitrogens with zero attached hydrogens (tertiary/aromatic N) is 4. The first-order valence-corrected chi connectivity index (χ1v) is 5.76. The second kappa shape index (κ2) is 5.09. The number of fused-ring (bicyclic) bond motifs is 1. The van der Waals surface area contributed by atoms with Crippen molar-refractivity contribution in [2.45, 2.75) is 32.8 Å². The molecule has 6 nitrogen and oxygen atoms in total. The molecule has 6 heteroatoms. The predicted molar refractivity (Wildman–Crippen MR) is 64.9 cm³/mol. The first kappa shape index (κ1) is 11.8. The van der Waals surface area contributed by atoms with Crippen LogP contribution in [0.2, 0.25) is 0 Å². The molecule has 92 valence electrons. The molecule has 0 aliphatic rings. The van der Waals surface area contributed by atoms with Crippen molar-refractivity contribution in [3.8, 4) is 0 Å². The molecule has 0 bridgehead atoms. The molecule has 0 aliphatic heterocycles. The molecule has 0 aliphatic carbocycles. The van der Waals surface area contributed by atoms with E-state index in [-0.39, 0.29) is 6.10 Å². The molecular weight excluding hydrogens is 218 g/mol. The van der Waals surface area contributed by atoms with Gasteiger partial charge in [0, 0.05) is 18.3 Å². The molecule has 0 aromatic carbocycles. The van der Waals surface area contributed by atoms with Gasteiger partial charge in [0.2, 0.25) is 0 Å². The summed E-state index contributed by atoms with van der Waals surface area (Å²) in [7, 11) is 0. The van der Waals surface area contributed by atoms with Crippen LogP contribution in [0.1, 0.15) is 25.5 Å². The number of aromatic nitrogens is 4. The van der Waals surface area contributed by atoms with Gasteiger partial charge in [-0.3, -0.25) is 0 Å². The molecule has 0 spiro atoms. The lowest BCUT2D eigenvalue weighted by atomic mass is 10.2. The summed E-state index contributed by atoms with van der Waals surface area (Å²) in [6.45, 7) is 4.52. The van der Waals surface area contributed by atoms with Gasteiger partial charge in [-0.15, -0.1) is 0 Å². The van der Waals surface area contributed by atoms with Gasteiger partial charge in [0.05, 0.1) is 6.10 Å². The van der Waals surface area contributed by atoms with Gasteiger partial charge in [0.15, 0.2) is 0 Å². The lowest BCUT2D eigenvalue weighted by molar-refractivity contribution is 0.183. The Hall–Kier alpha value is -1.69. The van der Waals surface area contributed by atoms with Crippen LogP contribution in [0.15, 0.2) is 12.4 Å². The number of hydrogen-bond donors (Lipinski definition) is 2. The summed E-state index contributed by atoms with van der Waals surface area (Å²) in [5.41, 5.74) is 0.906. The molecule has 0 radical (unpaired) electrons. The number of rotatable bonds is 5. The van der Waals surface area contributed by atoms with E-state index in [1.54, 1.807) is 11.4 Å². The van der Waals surface area contributed by atoms with Gasteiger partial charge in [-0.1, -0.05) is 0 Å². The lowest BCUT2D eigenvalue weighted by Gasteiger charge is -2.09. The minimum atomic E-state index is -0.248. The summed E-state index contributed by atoms with van der Waals surface area (Å²) >= 11 is 0. The van der Waals surface area contributed by atoms with E-state index >= 15 is 0 Å². The largest absolute Gasteiger partial charge is 0.393 e. The van der Waals surface area contributed by atoms with E-state index in [2.05, 4.69) is 20.4 Å². The second-order valence-electron chi connectivity index (χ2n) is 4.17. The molecule has 2 aromatic rings. The number of aliphatic hydroxyl groups excluding tert-OH is 1. The van der Waals surface area contributed by atoms with Crippen LogP contribution >= 0.6 is 0 Å². The first-order chi connectivity index (χ1) is 8.16. The molecule has 0 fully saturated rings. The lowest BCUT2D eigenvalue weighted by Crippen LogP contribution is -2.10. The van der Waals surface area contributed by atoms with E-state index in [9.17, 15) is 0 Å². The highest BCUT2D eigenvalue weighted by atomic mass is 16.3. The summed E-state index contributed by atoms with van der Waals surface area (Å²) in [5.74, 6) is 1.48. The molecule has 2 heterocycles. The minimum absolute atomic E-state index is 0.248. The fraction of sp³-hybridized carbons (Fsp3) is 0.545. The van der Waals surface area contributed by atoms with Crippen LogP contribution in [0.4, 0.5) is 5.82 Å². The summed E-state index contributed by atoms with van der Waals surface area (Å²) in [6.07, 6.45) is 2.94. The minimum Gasteiger partial charge on any atom is -0.393 e. The normalized spacial score (nSPS) is 12.9. The molecule has 0 amide bonds. The Labute approximate surface area is 99.7 Å². The maximum atomic E-state index is 9.17. The Morgan fingerprint density at radius 1 is 1.53 bits per heavy atom. The van der Waals surface area contributed by atoms with Crippen molar-refractivity contribution in [1.82, 2.24) is 19.6 Å². The van der Waals surface area contributed by atoms with Crippen molar-refractivity contribution in [3.05, 3.63) is 18.1 Å².